The van der Waals surface area contributed by atoms with Gasteiger partial charge in [-0.1, -0.05) is 15.9 Å². The van der Waals surface area contributed by atoms with Crippen molar-refractivity contribution in [3.63, 3.8) is 0 Å². The molecule has 0 spiro atoms. The molecule has 2 aliphatic heterocycles. The lowest BCUT2D eigenvalue weighted by atomic mass is 9.96. The first-order chi connectivity index (χ1) is 23.8. The van der Waals surface area contributed by atoms with Crippen LogP contribution in [0, 0.1) is 0 Å². The molecule has 15 nitrogen and oxygen atoms in total. The number of benzene rings is 2. The standard InChI is InChI=1S/C34H29BrN4O11/c1-13(40)46-12-21-28(47-14(2)41)29(48-15(3)42)30(49-16(4)43)34(50-21)39-20-9-8-17(35)11-19(20)23-25-24(32(44)38(5)33(25)45)22-18-7-6-10-36-31(18)37-26(22)27(23)39/h6-11,21,28-30,34H,12H2,1-5H3,(H,36,37)/t21-,28-,29+,30-,34?/m1/s1. The molecular formula is C34H29BrN4O11. The number of aromatic amines is 1. The third-order valence-electron chi connectivity index (χ3n) is 8.78. The Morgan fingerprint density at radius 3 is 2.16 bits per heavy atom. The second-order valence-electron chi connectivity index (χ2n) is 12.0. The second-order valence-corrected chi connectivity index (χ2v) is 13.0. The summed E-state index contributed by atoms with van der Waals surface area (Å²) >= 11 is 3.53. The average molecular weight is 750 g/mol. The molecule has 50 heavy (non-hydrogen) atoms. The van der Waals surface area contributed by atoms with Crippen LogP contribution in [0.2, 0.25) is 0 Å². The lowest BCUT2D eigenvalue weighted by Gasteiger charge is -2.45. The number of nitrogens with one attached hydrogen (secondary N) is 1. The summed E-state index contributed by atoms with van der Waals surface area (Å²) in [7, 11) is 1.41. The van der Waals surface area contributed by atoms with E-state index in [2.05, 4.69) is 25.9 Å². The number of H-pyrrole nitrogens is 1. The van der Waals surface area contributed by atoms with Crippen molar-refractivity contribution < 1.29 is 52.5 Å². The number of rotatable bonds is 6. The van der Waals surface area contributed by atoms with E-state index < -0.39 is 72.9 Å². The van der Waals surface area contributed by atoms with Crippen LogP contribution >= 0.6 is 15.9 Å². The summed E-state index contributed by atoms with van der Waals surface area (Å²) in [6.45, 7) is 4.19. The molecule has 2 amide bonds. The topological polar surface area (TPSA) is 185 Å². The maximum absolute atomic E-state index is 14.0. The van der Waals surface area contributed by atoms with Gasteiger partial charge in [0, 0.05) is 67.0 Å². The number of amides is 2. The number of nitrogens with zero attached hydrogens (tertiary/aromatic N) is 3. The molecule has 0 bridgehead atoms. The number of esters is 4. The lowest BCUT2D eigenvalue weighted by Crippen LogP contribution is -2.60. The van der Waals surface area contributed by atoms with Crippen molar-refractivity contribution in [3.8, 4) is 0 Å². The van der Waals surface area contributed by atoms with Gasteiger partial charge >= 0.3 is 23.9 Å². The highest BCUT2D eigenvalue weighted by molar-refractivity contribution is 9.10. The van der Waals surface area contributed by atoms with Gasteiger partial charge in [0.15, 0.2) is 24.5 Å². The third kappa shape index (κ3) is 5.17. The fraction of sp³-hybridized carbons (Fsp3) is 0.324. The van der Waals surface area contributed by atoms with E-state index >= 15 is 0 Å². The molecule has 3 aromatic heterocycles. The van der Waals surface area contributed by atoms with Gasteiger partial charge in [-0.2, -0.15) is 0 Å². The summed E-state index contributed by atoms with van der Waals surface area (Å²) in [5, 5.41) is 1.94. The smallest absolute Gasteiger partial charge is 0.303 e. The van der Waals surface area contributed by atoms with Crippen LogP contribution in [0.25, 0.3) is 43.7 Å². The van der Waals surface area contributed by atoms with Gasteiger partial charge in [-0.05, 0) is 30.3 Å². The molecule has 0 saturated carbocycles. The monoisotopic (exact) mass is 748 g/mol. The van der Waals surface area contributed by atoms with E-state index in [-0.39, 0.29) is 11.1 Å². The van der Waals surface area contributed by atoms with Gasteiger partial charge in [0.1, 0.15) is 18.4 Å². The zero-order valence-electron chi connectivity index (χ0n) is 27.3. The molecule has 0 aliphatic carbocycles. The summed E-state index contributed by atoms with van der Waals surface area (Å²) in [6.07, 6.45) is -5.31. The molecular weight excluding hydrogens is 720 g/mol. The first-order valence-corrected chi connectivity index (χ1v) is 16.3. The van der Waals surface area contributed by atoms with Gasteiger partial charge in [0.2, 0.25) is 0 Å². The first-order valence-electron chi connectivity index (χ1n) is 15.5. The largest absolute Gasteiger partial charge is 0.463 e. The van der Waals surface area contributed by atoms with Crippen molar-refractivity contribution in [3.05, 3.63) is 52.1 Å². The van der Waals surface area contributed by atoms with Gasteiger partial charge in [0.25, 0.3) is 11.8 Å². The van der Waals surface area contributed by atoms with E-state index in [1.54, 1.807) is 41.1 Å². The van der Waals surface area contributed by atoms with Crippen molar-refractivity contribution in [2.75, 3.05) is 13.7 Å². The number of carbonyl (C=O) groups is 6. The molecule has 1 unspecified atom stereocenters. The Bertz CT molecular complexity index is 2330. The summed E-state index contributed by atoms with van der Waals surface area (Å²) in [4.78, 5) is 86.2. The Hall–Kier alpha value is -5.35. The van der Waals surface area contributed by atoms with Crippen molar-refractivity contribution in [1.82, 2.24) is 19.4 Å². The van der Waals surface area contributed by atoms with E-state index in [0.717, 1.165) is 25.7 Å². The zero-order valence-corrected chi connectivity index (χ0v) is 28.9. The molecule has 5 heterocycles. The molecule has 258 valence electrons. The molecule has 2 aromatic carbocycles. The molecule has 7 rings (SSSR count). The average Bonchev–Trinajstić information content (AvgIpc) is 3.66. The minimum absolute atomic E-state index is 0.150. The number of imide groups is 1. The third-order valence-corrected chi connectivity index (χ3v) is 9.27. The van der Waals surface area contributed by atoms with Crippen LogP contribution in [0.1, 0.15) is 54.6 Å². The summed E-state index contributed by atoms with van der Waals surface area (Å²) in [6, 6.07) is 8.77. The maximum Gasteiger partial charge on any atom is 0.303 e. The molecule has 0 radical (unpaired) electrons. The van der Waals surface area contributed by atoms with Crippen LogP contribution in [0.5, 0.6) is 0 Å². The van der Waals surface area contributed by atoms with Gasteiger partial charge in [-0.15, -0.1) is 0 Å². The van der Waals surface area contributed by atoms with E-state index in [4.69, 9.17) is 23.7 Å². The zero-order chi connectivity index (χ0) is 35.8. The molecule has 1 N–H and O–H groups in total. The quantitative estimate of drug-likeness (QED) is 0.149. The molecule has 16 heteroatoms. The van der Waals surface area contributed by atoms with E-state index in [1.165, 1.54) is 14.0 Å². The highest BCUT2D eigenvalue weighted by Crippen LogP contribution is 2.48. The number of carbonyl (C=O) groups excluding carboxylic acids is 6. The second kappa shape index (κ2) is 12.2. The summed E-state index contributed by atoms with van der Waals surface area (Å²) < 4.78 is 31.4. The van der Waals surface area contributed by atoms with Gasteiger partial charge in [0.05, 0.1) is 27.7 Å². The number of pyridine rings is 1. The van der Waals surface area contributed by atoms with Crippen LogP contribution < -0.4 is 0 Å². The van der Waals surface area contributed by atoms with Crippen LogP contribution in [0.4, 0.5) is 0 Å². The Morgan fingerprint density at radius 2 is 1.50 bits per heavy atom. The van der Waals surface area contributed by atoms with Crippen LogP contribution in [0.3, 0.4) is 0 Å². The molecule has 5 atom stereocenters. The highest BCUT2D eigenvalue weighted by atomic mass is 79.9. The van der Waals surface area contributed by atoms with Crippen molar-refractivity contribution in [1.29, 1.82) is 0 Å². The first kappa shape index (κ1) is 33.2. The van der Waals surface area contributed by atoms with Crippen molar-refractivity contribution in [2.24, 2.45) is 0 Å². The van der Waals surface area contributed by atoms with Gasteiger partial charge < -0.3 is 33.2 Å². The normalized spacial score (nSPS) is 22.0. The number of halogens is 1. The maximum atomic E-state index is 14.0. The molecule has 1 saturated heterocycles. The van der Waals surface area contributed by atoms with Crippen molar-refractivity contribution in [2.45, 2.75) is 58.3 Å². The van der Waals surface area contributed by atoms with Gasteiger partial charge in [-0.3, -0.25) is 33.7 Å². The van der Waals surface area contributed by atoms with E-state index in [0.29, 0.717) is 48.2 Å². The Morgan fingerprint density at radius 1 is 0.860 bits per heavy atom. The van der Waals surface area contributed by atoms with E-state index in [1.807, 2.05) is 0 Å². The Kier molecular flexibility index (Phi) is 8.10. The van der Waals surface area contributed by atoms with E-state index in [9.17, 15) is 28.8 Å². The van der Waals surface area contributed by atoms with Gasteiger partial charge in [-0.25, -0.2) is 4.98 Å². The number of hydrogen-bond acceptors (Lipinski definition) is 12. The Labute approximate surface area is 290 Å². The molecule has 2 aliphatic rings. The van der Waals surface area contributed by atoms with Crippen LogP contribution in [0.15, 0.2) is 41.0 Å². The summed E-state index contributed by atoms with van der Waals surface area (Å²) in [5.41, 5.74) is 2.05. The number of ether oxygens (including phenoxy) is 5. The molecule has 5 aromatic rings. The SMILES string of the molecule is CC(=O)OC[C@H]1OC(n2c3ccc(Br)cc3c3c4c(c5c6cccnc6[nH]c5c32)C(=O)N(C)C4=O)[C@H](OC(C)=O)[C@@H](OC(C)=O)[C@@H]1OC(C)=O. The minimum Gasteiger partial charge on any atom is -0.463 e. The van der Waals surface area contributed by atoms with Crippen LogP contribution in [-0.2, 0) is 42.9 Å². The number of hydrogen-bond donors (Lipinski definition) is 1. The number of fused-ring (bicyclic) bond motifs is 10. The van der Waals surface area contributed by atoms with Crippen LogP contribution in [-0.4, -0.2) is 93.2 Å². The fourth-order valence-electron chi connectivity index (χ4n) is 7.03. The fourth-order valence-corrected chi connectivity index (χ4v) is 7.39. The minimum atomic E-state index is -1.46. The predicted octanol–water partition coefficient (Wildman–Crippen LogP) is 4.07. The Balaban J connectivity index is 1.62. The summed E-state index contributed by atoms with van der Waals surface area (Å²) in [5.74, 6) is -4.00. The van der Waals surface area contributed by atoms with Crippen molar-refractivity contribution >= 4 is 95.4 Å². The molecule has 1 fully saturated rings. The number of aromatic nitrogens is 3. The highest BCUT2D eigenvalue weighted by Gasteiger charge is 2.54. The predicted molar refractivity (Wildman–Crippen MR) is 178 cm³/mol. The lowest BCUT2D eigenvalue weighted by molar-refractivity contribution is -0.267.